The Morgan fingerprint density at radius 1 is 1.26 bits per heavy atom. The number of sulfonamides is 1. The van der Waals surface area contributed by atoms with Crippen LogP contribution in [-0.4, -0.2) is 46.4 Å². The standard InChI is InChI=1S/C15H20F3N3O4S.ClH/c16-15(17,18)25-12-3-5-13(6-4-12)26(23,24)20-9-7-14(22)21-11-2-1-8-19-10-11;/h3-6,11,19-20H,1-2,7-10H2,(H,21,22);1H/t11-;/m0./s1. The van der Waals surface area contributed by atoms with Crippen molar-refractivity contribution in [1.29, 1.82) is 0 Å². The van der Waals surface area contributed by atoms with E-state index in [1.165, 1.54) is 0 Å². The summed E-state index contributed by atoms with van der Waals surface area (Å²) < 4.78 is 66.4. The van der Waals surface area contributed by atoms with Gasteiger partial charge in [-0.05, 0) is 43.7 Å². The van der Waals surface area contributed by atoms with Crippen LogP contribution in [0.25, 0.3) is 0 Å². The summed E-state index contributed by atoms with van der Waals surface area (Å²) in [7, 11) is -3.93. The van der Waals surface area contributed by atoms with Gasteiger partial charge in [0.1, 0.15) is 5.75 Å². The third-order valence-electron chi connectivity index (χ3n) is 3.67. The average Bonchev–Trinajstić information content (AvgIpc) is 2.54. The molecule has 1 amide bonds. The van der Waals surface area contributed by atoms with E-state index in [0.29, 0.717) is 6.54 Å². The highest BCUT2D eigenvalue weighted by molar-refractivity contribution is 7.89. The summed E-state index contributed by atoms with van der Waals surface area (Å²) in [4.78, 5) is 11.6. The van der Waals surface area contributed by atoms with Crippen molar-refractivity contribution in [1.82, 2.24) is 15.4 Å². The molecule has 0 saturated carbocycles. The Labute approximate surface area is 161 Å². The molecule has 0 spiro atoms. The van der Waals surface area contributed by atoms with Crippen molar-refractivity contribution in [2.45, 2.75) is 36.6 Å². The van der Waals surface area contributed by atoms with Crippen LogP contribution in [0.1, 0.15) is 19.3 Å². The van der Waals surface area contributed by atoms with Crippen molar-refractivity contribution in [2.24, 2.45) is 0 Å². The van der Waals surface area contributed by atoms with Crippen LogP contribution >= 0.6 is 12.4 Å². The second-order valence-corrected chi connectivity index (χ2v) is 7.54. The molecule has 0 unspecified atom stereocenters. The summed E-state index contributed by atoms with van der Waals surface area (Å²) in [5.74, 6) is -0.785. The van der Waals surface area contributed by atoms with E-state index in [0.717, 1.165) is 43.7 Å². The first-order valence-electron chi connectivity index (χ1n) is 8.01. The van der Waals surface area contributed by atoms with Gasteiger partial charge in [-0.1, -0.05) is 0 Å². The van der Waals surface area contributed by atoms with Crippen molar-refractivity contribution in [3.63, 3.8) is 0 Å². The second-order valence-electron chi connectivity index (χ2n) is 5.78. The zero-order chi connectivity index (χ0) is 19.2. The van der Waals surface area contributed by atoms with Gasteiger partial charge in [-0.3, -0.25) is 4.79 Å². The lowest BCUT2D eigenvalue weighted by molar-refractivity contribution is -0.274. The minimum Gasteiger partial charge on any atom is -0.406 e. The number of halogens is 4. The number of hydrogen-bond acceptors (Lipinski definition) is 5. The zero-order valence-corrected chi connectivity index (χ0v) is 15.8. The van der Waals surface area contributed by atoms with Gasteiger partial charge in [-0.25, -0.2) is 13.1 Å². The van der Waals surface area contributed by atoms with E-state index in [1.54, 1.807) is 0 Å². The van der Waals surface area contributed by atoms with E-state index < -0.39 is 22.1 Å². The van der Waals surface area contributed by atoms with Crippen molar-refractivity contribution in [3.05, 3.63) is 24.3 Å². The molecule has 27 heavy (non-hydrogen) atoms. The van der Waals surface area contributed by atoms with Crippen LogP contribution in [0, 0.1) is 0 Å². The summed E-state index contributed by atoms with van der Waals surface area (Å²) in [5, 5.41) is 5.97. The fraction of sp³-hybridized carbons (Fsp3) is 0.533. The summed E-state index contributed by atoms with van der Waals surface area (Å²) >= 11 is 0. The van der Waals surface area contributed by atoms with Crippen molar-refractivity contribution in [2.75, 3.05) is 19.6 Å². The summed E-state index contributed by atoms with van der Waals surface area (Å²) in [5.41, 5.74) is 0. The predicted molar refractivity (Wildman–Crippen MR) is 94.2 cm³/mol. The molecule has 0 aliphatic carbocycles. The Morgan fingerprint density at radius 3 is 2.48 bits per heavy atom. The molecule has 1 aromatic carbocycles. The largest absolute Gasteiger partial charge is 0.573 e. The molecular weight excluding hydrogens is 411 g/mol. The molecular formula is C15H21ClF3N3O4S. The van der Waals surface area contributed by atoms with Crippen LogP contribution in [0.5, 0.6) is 5.75 Å². The van der Waals surface area contributed by atoms with Crippen LogP contribution in [-0.2, 0) is 14.8 Å². The SMILES string of the molecule is Cl.O=C(CCNS(=O)(=O)c1ccc(OC(F)(F)F)cc1)N[C@H]1CCCNC1. The Bertz CT molecular complexity index is 708. The van der Waals surface area contributed by atoms with E-state index in [1.807, 2.05) is 0 Å². The Morgan fingerprint density at radius 2 is 1.93 bits per heavy atom. The van der Waals surface area contributed by atoms with Crippen LogP contribution in [0.4, 0.5) is 13.2 Å². The maximum Gasteiger partial charge on any atom is 0.573 e. The quantitative estimate of drug-likeness (QED) is 0.608. The van der Waals surface area contributed by atoms with Crippen LogP contribution in [0.15, 0.2) is 29.2 Å². The number of carbonyl (C=O) groups is 1. The molecule has 0 aromatic heterocycles. The predicted octanol–water partition coefficient (Wildman–Crippen LogP) is 1.54. The van der Waals surface area contributed by atoms with Gasteiger partial charge in [-0.15, -0.1) is 25.6 Å². The molecule has 7 nitrogen and oxygen atoms in total. The fourth-order valence-corrected chi connectivity index (χ4v) is 3.51. The fourth-order valence-electron chi connectivity index (χ4n) is 2.48. The molecule has 1 saturated heterocycles. The van der Waals surface area contributed by atoms with Gasteiger partial charge in [0.2, 0.25) is 15.9 Å². The number of alkyl halides is 3. The number of piperidine rings is 1. The first-order valence-corrected chi connectivity index (χ1v) is 9.49. The molecule has 154 valence electrons. The van der Waals surface area contributed by atoms with Crippen LogP contribution in [0.3, 0.4) is 0 Å². The summed E-state index contributed by atoms with van der Waals surface area (Å²) in [6.07, 6.45) is -3.05. The van der Waals surface area contributed by atoms with Crippen molar-refractivity contribution < 1.29 is 31.1 Å². The number of nitrogens with one attached hydrogen (secondary N) is 3. The second kappa shape index (κ2) is 10.1. The molecule has 1 aliphatic rings. The maximum absolute atomic E-state index is 12.1. The Kier molecular flexibility index (Phi) is 8.79. The maximum atomic E-state index is 12.1. The van der Waals surface area contributed by atoms with Gasteiger partial charge in [0.05, 0.1) is 4.90 Å². The average molecular weight is 432 g/mol. The molecule has 12 heteroatoms. The van der Waals surface area contributed by atoms with Gasteiger partial charge in [0.25, 0.3) is 0 Å². The lowest BCUT2D eigenvalue weighted by atomic mass is 10.1. The normalized spacial score (nSPS) is 17.7. The zero-order valence-electron chi connectivity index (χ0n) is 14.2. The topological polar surface area (TPSA) is 96.5 Å². The number of amides is 1. The van der Waals surface area contributed by atoms with E-state index in [2.05, 4.69) is 20.1 Å². The van der Waals surface area contributed by atoms with E-state index in [4.69, 9.17) is 0 Å². The first kappa shape index (κ1) is 23.5. The highest BCUT2D eigenvalue weighted by Crippen LogP contribution is 2.23. The molecule has 3 N–H and O–H groups in total. The Hall–Kier alpha value is -1.56. The first-order chi connectivity index (χ1) is 12.2. The van der Waals surface area contributed by atoms with Crippen molar-refractivity contribution >= 4 is 28.3 Å². The lowest BCUT2D eigenvalue weighted by Crippen LogP contribution is -2.46. The smallest absolute Gasteiger partial charge is 0.406 e. The number of hydrogen-bond donors (Lipinski definition) is 3. The number of ether oxygens (including phenoxy) is 1. The van der Waals surface area contributed by atoms with E-state index >= 15 is 0 Å². The van der Waals surface area contributed by atoms with Crippen molar-refractivity contribution in [3.8, 4) is 5.75 Å². The number of benzene rings is 1. The molecule has 2 rings (SSSR count). The van der Waals surface area contributed by atoms with Crippen LogP contribution in [0.2, 0.25) is 0 Å². The monoisotopic (exact) mass is 431 g/mol. The van der Waals surface area contributed by atoms with Gasteiger partial charge in [0, 0.05) is 25.6 Å². The number of carbonyl (C=O) groups excluding carboxylic acids is 1. The summed E-state index contributed by atoms with van der Waals surface area (Å²) in [6.45, 7) is 1.48. The molecule has 1 aliphatic heterocycles. The molecule has 1 fully saturated rings. The van der Waals surface area contributed by atoms with Crippen LogP contribution < -0.4 is 20.1 Å². The lowest BCUT2D eigenvalue weighted by Gasteiger charge is -2.23. The third-order valence-corrected chi connectivity index (χ3v) is 5.15. The molecule has 1 aromatic rings. The highest BCUT2D eigenvalue weighted by Gasteiger charge is 2.31. The molecule has 0 radical (unpaired) electrons. The Balaban J connectivity index is 0.00000364. The van der Waals surface area contributed by atoms with Gasteiger partial charge in [-0.2, -0.15) is 0 Å². The van der Waals surface area contributed by atoms with Gasteiger partial charge < -0.3 is 15.4 Å². The highest BCUT2D eigenvalue weighted by atomic mass is 35.5. The van der Waals surface area contributed by atoms with Gasteiger partial charge in [0.15, 0.2) is 0 Å². The molecule has 0 bridgehead atoms. The van der Waals surface area contributed by atoms with Gasteiger partial charge >= 0.3 is 6.36 Å². The van der Waals surface area contributed by atoms with E-state index in [-0.39, 0.29) is 42.2 Å². The van der Waals surface area contributed by atoms with E-state index in [9.17, 15) is 26.4 Å². The third kappa shape index (κ3) is 8.33. The summed E-state index contributed by atoms with van der Waals surface area (Å²) in [6, 6.07) is 3.85. The number of rotatable bonds is 7. The minimum atomic E-state index is -4.85. The minimum absolute atomic E-state index is 0. The molecule has 1 atom stereocenters. The molecule has 1 heterocycles.